The summed E-state index contributed by atoms with van der Waals surface area (Å²) in [5, 5.41) is 2.98. The molecule has 2 rings (SSSR count). The number of hydrogen-bond acceptors (Lipinski definition) is 4. The third-order valence-electron chi connectivity index (χ3n) is 4.31. The van der Waals surface area contributed by atoms with Gasteiger partial charge in [-0.3, -0.25) is 4.79 Å². The monoisotopic (exact) mass is 295 g/mol. The minimum atomic E-state index is -0.586. The fourth-order valence-corrected chi connectivity index (χ4v) is 3.06. The van der Waals surface area contributed by atoms with Gasteiger partial charge in [0.2, 0.25) is 5.76 Å². The molecule has 1 aromatic rings. The van der Waals surface area contributed by atoms with Crippen LogP contribution in [0.25, 0.3) is 0 Å². The van der Waals surface area contributed by atoms with Gasteiger partial charge in [0.1, 0.15) is 0 Å². The number of aromatic nitrogens is 1. The Morgan fingerprint density at radius 2 is 2.25 bits per heavy atom. The SMILES string of the molecule is CCC1CCC(NC(=O)c2ocnc2C)(C(N)=S)CC1. The van der Waals surface area contributed by atoms with Crippen LogP contribution in [0.15, 0.2) is 10.8 Å². The molecule has 6 heteroatoms. The summed E-state index contributed by atoms with van der Waals surface area (Å²) in [5.74, 6) is 0.641. The highest BCUT2D eigenvalue weighted by molar-refractivity contribution is 7.80. The van der Waals surface area contributed by atoms with Crippen LogP contribution in [0.3, 0.4) is 0 Å². The van der Waals surface area contributed by atoms with Gasteiger partial charge >= 0.3 is 0 Å². The van der Waals surface area contributed by atoms with Crippen LogP contribution in [0.2, 0.25) is 0 Å². The summed E-state index contributed by atoms with van der Waals surface area (Å²) in [6, 6.07) is 0. The zero-order valence-corrected chi connectivity index (χ0v) is 12.8. The molecule has 1 aromatic heterocycles. The van der Waals surface area contributed by atoms with Crippen LogP contribution in [-0.4, -0.2) is 21.4 Å². The molecule has 1 heterocycles. The van der Waals surface area contributed by atoms with Crippen LogP contribution < -0.4 is 11.1 Å². The molecule has 1 aliphatic rings. The number of carbonyl (C=O) groups is 1. The first-order chi connectivity index (χ1) is 9.48. The van der Waals surface area contributed by atoms with Crippen LogP contribution in [0.4, 0.5) is 0 Å². The lowest BCUT2D eigenvalue weighted by Gasteiger charge is -2.39. The highest BCUT2D eigenvalue weighted by Crippen LogP contribution is 2.34. The second-order valence-corrected chi connectivity index (χ2v) is 5.96. The van der Waals surface area contributed by atoms with Gasteiger partial charge in [-0.15, -0.1) is 0 Å². The van der Waals surface area contributed by atoms with Crippen molar-refractivity contribution in [1.29, 1.82) is 0 Å². The topological polar surface area (TPSA) is 81.2 Å². The van der Waals surface area contributed by atoms with E-state index in [1.807, 2.05) is 0 Å². The van der Waals surface area contributed by atoms with E-state index in [0.29, 0.717) is 16.6 Å². The number of thiocarbonyl (C=S) groups is 1. The lowest BCUT2D eigenvalue weighted by molar-refractivity contribution is 0.0869. The third kappa shape index (κ3) is 2.85. The summed E-state index contributed by atoms with van der Waals surface area (Å²) in [5.41, 5.74) is 5.89. The summed E-state index contributed by atoms with van der Waals surface area (Å²) in [6.45, 7) is 3.93. The van der Waals surface area contributed by atoms with Crippen LogP contribution in [0, 0.1) is 12.8 Å². The maximum atomic E-state index is 12.3. The van der Waals surface area contributed by atoms with E-state index in [4.69, 9.17) is 22.4 Å². The first kappa shape index (κ1) is 15.0. The average molecular weight is 295 g/mol. The molecular weight excluding hydrogens is 274 g/mol. The van der Waals surface area contributed by atoms with Gasteiger partial charge in [0.05, 0.1) is 16.2 Å². The summed E-state index contributed by atoms with van der Waals surface area (Å²) in [6.07, 6.45) is 6.07. The molecule has 0 aromatic carbocycles. The Kier molecular flexibility index (Phi) is 4.42. The summed E-state index contributed by atoms with van der Waals surface area (Å²) in [7, 11) is 0. The van der Waals surface area contributed by atoms with Gasteiger partial charge < -0.3 is 15.5 Å². The molecule has 0 bridgehead atoms. The Labute approximate surface area is 124 Å². The molecule has 0 spiro atoms. The van der Waals surface area contributed by atoms with Crippen LogP contribution >= 0.6 is 12.2 Å². The number of nitrogens with zero attached hydrogens (tertiary/aromatic N) is 1. The molecule has 110 valence electrons. The fraction of sp³-hybridized carbons (Fsp3) is 0.643. The minimum absolute atomic E-state index is 0.234. The number of carbonyl (C=O) groups excluding carboxylic acids is 1. The lowest BCUT2D eigenvalue weighted by atomic mass is 9.75. The maximum Gasteiger partial charge on any atom is 0.289 e. The van der Waals surface area contributed by atoms with E-state index >= 15 is 0 Å². The Balaban J connectivity index is 2.13. The molecule has 5 nitrogen and oxygen atoms in total. The number of rotatable bonds is 4. The second-order valence-electron chi connectivity index (χ2n) is 5.52. The van der Waals surface area contributed by atoms with Crippen molar-refractivity contribution < 1.29 is 9.21 Å². The van der Waals surface area contributed by atoms with Crippen molar-refractivity contribution in [3.8, 4) is 0 Å². The first-order valence-electron chi connectivity index (χ1n) is 7.01. The van der Waals surface area contributed by atoms with E-state index in [9.17, 15) is 4.79 Å². The van der Waals surface area contributed by atoms with E-state index in [1.165, 1.54) is 6.39 Å². The molecule has 1 saturated carbocycles. The highest BCUT2D eigenvalue weighted by atomic mass is 32.1. The number of amides is 1. The Bertz CT molecular complexity index is 504. The van der Waals surface area contributed by atoms with Gasteiger partial charge in [0.25, 0.3) is 5.91 Å². The van der Waals surface area contributed by atoms with Gasteiger partial charge in [-0.2, -0.15) is 0 Å². The number of nitrogens with two attached hydrogens (primary N) is 1. The van der Waals surface area contributed by atoms with Gasteiger partial charge in [-0.05, 0) is 38.5 Å². The molecule has 0 unspecified atom stereocenters. The van der Waals surface area contributed by atoms with Crippen molar-refractivity contribution in [2.45, 2.75) is 51.5 Å². The van der Waals surface area contributed by atoms with Gasteiger partial charge in [-0.1, -0.05) is 25.6 Å². The minimum Gasteiger partial charge on any atom is -0.438 e. The zero-order valence-electron chi connectivity index (χ0n) is 11.9. The molecule has 1 amide bonds. The molecule has 0 atom stereocenters. The van der Waals surface area contributed by atoms with Gasteiger partial charge in [0, 0.05) is 0 Å². The van der Waals surface area contributed by atoms with E-state index in [2.05, 4.69) is 17.2 Å². The van der Waals surface area contributed by atoms with Crippen molar-refractivity contribution in [3.05, 3.63) is 17.8 Å². The molecule has 0 radical (unpaired) electrons. The standard InChI is InChI=1S/C14H21N3O2S/c1-3-10-4-6-14(7-5-10,13(15)20)17-12(18)11-9(2)16-8-19-11/h8,10H,3-7H2,1-2H3,(H2,15,20)(H,17,18). The number of oxazole rings is 1. The van der Waals surface area contributed by atoms with Crippen molar-refractivity contribution in [3.63, 3.8) is 0 Å². The molecule has 3 N–H and O–H groups in total. The Morgan fingerprint density at radius 1 is 1.60 bits per heavy atom. The van der Waals surface area contributed by atoms with Crippen molar-refractivity contribution in [1.82, 2.24) is 10.3 Å². The molecule has 20 heavy (non-hydrogen) atoms. The maximum absolute atomic E-state index is 12.3. The number of nitrogens with one attached hydrogen (secondary N) is 1. The van der Waals surface area contributed by atoms with E-state index < -0.39 is 5.54 Å². The third-order valence-corrected chi connectivity index (χ3v) is 4.70. The molecule has 1 aliphatic carbocycles. The summed E-state index contributed by atoms with van der Waals surface area (Å²) < 4.78 is 5.13. The van der Waals surface area contributed by atoms with Crippen molar-refractivity contribution in [2.75, 3.05) is 0 Å². The molecule has 0 aliphatic heterocycles. The smallest absolute Gasteiger partial charge is 0.289 e. The molecular formula is C14H21N3O2S. The largest absolute Gasteiger partial charge is 0.438 e. The second kappa shape index (κ2) is 5.91. The Hall–Kier alpha value is -1.43. The Morgan fingerprint density at radius 3 is 2.70 bits per heavy atom. The van der Waals surface area contributed by atoms with E-state index in [1.54, 1.807) is 6.92 Å². The fourth-order valence-electron chi connectivity index (χ4n) is 2.81. The molecule has 0 saturated heterocycles. The lowest BCUT2D eigenvalue weighted by Crippen LogP contribution is -2.58. The van der Waals surface area contributed by atoms with Crippen LogP contribution in [0.5, 0.6) is 0 Å². The zero-order chi connectivity index (χ0) is 14.8. The van der Waals surface area contributed by atoms with Crippen LogP contribution in [-0.2, 0) is 0 Å². The normalized spacial score (nSPS) is 26.2. The van der Waals surface area contributed by atoms with E-state index in [0.717, 1.165) is 32.1 Å². The van der Waals surface area contributed by atoms with Crippen LogP contribution in [0.1, 0.15) is 55.3 Å². The molecule has 1 fully saturated rings. The van der Waals surface area contributed by atoms with Gasteiger partial charge in [0.15, 0.2) is 6.39 Å². The quantitative estimate of drug-likeness (QED) is 0.833. The predicted molar refractivity (Wildman–Crippen MR) is 80.5 cm³/mol. The first-order valence-corrected chi connectivity index (χ1v) is 7.42. The van der Waals surface area contributed by atoms with Gasteiger partial charge in [-0.25, -0.2) is 4.98 Å². The van der Waals surface area contributed by atoms with E-state index in [-0.39, 0.29) is 11.7 Å². The summed E-state index contributed by atoms with van der Waals surface area (Å²) >= 11 is 5.20. The summed E-state index contributed by atoms with van der Waals surface area (Å²) in [4.78, 5) is 16.6. The average Bonchev–Trinajstić information content (AvgIpc) is 2.85. The predicted octanol–water partition coefficient (Wildman–Crippen LogP) is 2.34. The van der Waals surface area contributed by atoms with Crippen molar-refractivity contribution >= 4 is 23.1 Å². The number of aryl methyl sites for hydroxylation is 1. The highest BCUT2D eigenvalue weighted by Gasteiger charge is 2.39. The number of hydrogen-bond donors (Lipinski definition) is 2. The van der Waals surface area contributed by atoms with Crippen molar-refractivity contribution in [2.24, 2.45) is 11.7 Å².